The molecule has 282 valence electrons. The van der Waals surface area contributed by atoms with E-state index in [1.54, 1.807) is 20.1 Å². The highest BCUT2D eigenvalue weighted by Gasteiger charge is 2.36. The van der Waals surface area contributed by atoms with Gasteiger partial charge < -0.3 is 44.4 Å². The highest BCUT2D eigenvalue weighted by atomic mass is 16.5. The molecule has 0 spiro atoms. The summed E-state index contributed by atoms with van der Waals surface area (Å²) >= 11 is 0. The Hall–Kier alpha value is -4.19. The quantitative estimate of drug-likeness (QED) is 0.173. The summed E-state index contributed by atoms with van der Waals surface area (Å²) in [5.74, 6) is 0.167. The van der Waals surface area contributed by atoms with Crippen molar-refractivity contribution in [3.05, 3.63) is 74.7 Å². The lowest BCUT2D eigenvalue weighted by molar-refractivity contribution is -0.115. The molecule has 2 aromatic carbocycles. The van der Waals surface area contributed by atoms with Gasteiger partial charge in [-0.15, -0.1) is 0 Å². The van der Waals surface area contributed by atoms with Gasteiger partial charge in [0.1, 0.15) is 12.0 Å². The number of methoxy groups -OCH3 is 2. The molecule has 11 heteroatoms. The number of hydrogen-bond donors (Lipinski definition) is 3. The van der Waals surface area contributed by atoms with E-state index in [0.717, 1.165) is 85.3 Å². The van der Waals surface area contributed by atoms with Crippen LogP contribution in [0.25, 0.3) is 11.1 Å². The van der Waals surface area contributed by atoms with Gasteiger partial charge in [-0.25, -0.2) is 0 Å². The van der Waals surface area contributed by atoms with Gasteiger partial charge >= 0.3 is 0 Å². The number of aryl methyl sites for hydroxylation is 1. The summed E-state index contributed by atoms with van der Waals surface area (Å²) in [6.45, 7) is 9.53. The van der Waals surface area contributed by atoms with Crippen LogP contribution in [0.3, 0.4) is 0 Å². The number of nitrogens with zero attached hydrogens (tertiary/aromatic N) is 2. The van der Waals surface area contributed by atoms with Crippen molar-refractivity contribution in [1.82, 2.24) is 15.2 Å². The standard InChI is InChI=1S/C41H57N5O6/c1-8-46(32-12-10-31(11-13-32)45(5)17-20-50-6)37-24-30(29-9-14-35(36(23-29)42-4)41(26-47)15-18-52-19-16-41)22-33(28(37)3)39(48)43-25-34-38(51-7)21-27(2)44-40(34)49/h9,14,21-24,26,31-32,42H,8,10-13,15-20,25H2,1-7H3,(H,43,48)(H,44,49). The Morgan fingerprint density at radius 1 is 1.04 bits per heavy atom. The van der Waals surface area contributed by atoms with Crippen molar-refractivity contribution in [2.45, 2.75) is 83.3 Å². The van der Waals surface area contributed by atoms with Crippen LogP contribution >= 0.6 is 0 Å². The maximum absolute atomic E-state index is 14.1. The number of anilines is 2. The van der Waals surface area contributed by atoms with Crippen LogP contribution in [0, 0.1) is 13.8 Å². The molecule has 3 aromatic rings. The van der Waals surface area contributed by atoms with Gasteiger partial charge in [0.05, 0.1) is 31.2 Å². The number of benzene rings is 2. The number of ether oxygens (including phenoxy) is 3. The summed E-state index contributed by atoms with van der Waals surface area (Å²) < 4.78 is 16.4. The second kappa shape index (κ2) is 17.6. The number of pyridine rings is 1. The molecule has 0 atom stereocenters. The largest absolute Gasteiger partial charge is 0.496 e. The first-order valence-electron chi connectivity index (χ1n) is 18.6. The number of rotatable bonds is 15. The smallest absolute Gasteiger partial charge is 0.256 e. The Morgan fingerprint density at radius 2 is 1.75 bits per heavy atom. The molecule has 1 aromatic heterocycles. The summed E-state index contributed by atoms with van der Waals surface area (Å²) in [5, 5.41) is 6.37. The van der Waals surface area contributed by atoms with Gasteiger partial charge in [0.25, 0.3) is 11.5 Å². The van der Waals surface area contributed by atoms with Crippen molar-refractivity contribution >= 4 is 23.6 Å². The minimum absolute atomic E-state index is 0.0187. The fourth-order valence-electron chi connectivity index (χ4n) is 8.10. The summed E-state index contributed by atoms with van der Waals surface area (Å²) in [5.41, 5.74) is 6.29. The molecule has 11 nitrogen and oxygen atoms in total. The third-order valence-corrected chi connectivity index (χ3v) is 11.3. The third kappa shape index (κ3) is 8.37. The summed E-state index contributed by atoms with van der Waals surface area (Å²) in [6.07, 6.45) is 6.63. The van der Waals surface area contributed by atoms with Gasteiger partial charge in [-0.05, 0) is 113 Å². The first-order valence-corrected chi connectivity index (χ1v) is 18.6. The van der Waals surface area contributed by atoms with E-state index in [-0.39, 0.29) is 18.0 Å². The van der Waals surface area contributed by atoms with Crippen LogP contribution in [0.2, 0.25) is 0 Å². The molecule has 1 saturated heterocycles. The Kier molecular flexibility index (Phi) is 13.2. The van der Waals surface area contributed by atoms with Crippen LogP contribution < -0.4 is 25.8 Å². The fourth-order valence-corrected chi connectivity index (χ4v) is 8.10. The zero-order valence-electron chi connectivity index (χ0n) is 32.0. The van der Waals surface area contributed by atoms with E-state index in [0.29, 0.717) is 60.7 Å². The SMILES string of the molecule is CCN(c1cc(-c2ccc(C3(C=O)CCOCC3)c(NC)c2)cc(C(=O)NCc2c(OC)cc(C)[nH]c2=O)c1C)C1CCC(N(C)CCOC)CC1. The minimum atomic E-state index is -0.608. The predicted molar refractivity (Wildman–Crippen MR) is 207 cm³/mol. The van der Waals surface area contributed by atoms with E-state index in [1.807, 2.05) is 20.0 Å². The van der Waals surface area contributed by atoms with Crippen molar-refractivity contribution < 1.29 is 23.8 Å². The molecule has 1 aliphatic heterocycles. The van der Waals surface area contributed by atoms with E-state index in [4.69, 9.17) is 14.2 Å². The van der Waals surface area contributed by atoms with Crippen molar-refractivity contribution in [2.75, 3.05) is 71.4 Å². The van der Waals surface area contributed by atoms with Gasteiger partial charge in [0.15, 0.2) is 0 Å². The molecule has 1 aliphatic carbocycles. The maximum atomic E-state index is 14.1. The lowest BCUT2D eigenvalue weighted by atomic mass is 9.74. The van der Waals surface area contributed by atoms with Crippen molar-refractivity contribution in [3.63, 3.8) is 0 Å². The number of nitrogens with one attached hydrogen (secondary N) is 3. The summed E-state index contributed by atoms with van der Waals surface area (Å²) in [4.78, 5) is 47.2. The fraction of sp³-hybridized carbons (Fsp3) is 0.537. The van der Waals surface area contributed by atoms with Crippen molar-refractivity contribution in [2.24, 2.45) is 0 Å². The number of aromatic amines is 1. The summed E-state index contributed by atoms with van der Waals surface area (Å²) in [7, 11) is 7.33. The lowest BCUT2D eigenvalue weighted by Crippen LogP contribution is -2.44. The van der Waals surface area contributed by atoms with Gasteiger partial charge in [0, 0.05) is 75.2 Å². The number of carbonyl (C=O) groups excluding carboxylic acids is 2. The first-order chi connectivity index (χ1) is 25.1. The van der Waals surface area contributed by atoms with Crippen molar-refractivity contribution in [3.8, 4) is 16.9 Å². The second-order valence-corrected chi connectivity index (χ2v) is 14.3. The zero-order chi connectivity index (χ0) is 37.4. The van der Waals surface area contributed by atoms with Gasteiger partial charge in [-0.2, -0.15) is 0 Å². The van der Waals surface area contributed by atoms with E-state index in [1.165, 1.54) is 7.11 Å². The highest BCUT2D eigenvalue weighted by molar-refractivity contribution is 5.99. The Balaban J connectivity index is 1.53. The van der Waals surface area contributed by atoms with Crippen LogP contribution in [0.1, 0.15) is 78.2 Å². The van der Waals surface area contributed by atoms with Gasteiger partial charge in [-0.3, -0.25) is 9.59 Å². The van der Waals surface area contributed by atoms with Gasteiger partial charge in [0.2, 0.25) is 0 Å². The number of carbonyl (C=O) groups is 2. The molecule has 52 heavy (non-hydrogen) atoms. The third-order valence-electron chi connectivity index (χ3n) is 11.3. The maximum Gasteiger partial charge on any atom is 0.256 e. The average Bonchev–Trinajstić information content (AvgIpc) is 3.17. The molecule has 3 N–H and O–H groups in total. The molecular formula is C41H57N5O6. The Bertz CT molecular complexity index is 1760. The number of likely N-dealkylation sites (N-methyl/N-ethyl adjacent to an activating group) is 1. The van der Waals surface area contributed by atoms with Crippen molar-refractivity contribution in [1.29, 1.82) is 0 Å². The number of aromatic nitrogens is 1. The predicted octanol–water partition coefficient (Wildman–Crippen LogP) is 5.60. The van der Waals surface area contributed by atoms with E-state index in [9.17, 15) is 14.4 Å². The molecule has 0 bridgehead atoms. The number of hydrogen-bond acceptors (Lipinski definition) is 9. The molecule has 0 unspecified atom stereocenters. The van der Waals surface area contributed by atoms with Crippen LogP contribution in [0.5, 0.6) is 5.75 Å². The number of H-pyrrole nitrogens is 1. The topological polar surface area (TPSA) is 125 Å². The molecule has 1 amide bonds. The minimum Gasteiger partial charge on any atom is -0.496 e. The molecule has 5 rings (SSSR count). The van der Waals surface area contributed by atoms with Crippen LogP contribution in [-0.2, 0) is 26.2 Å². The monoisotopic (exact) mass is 715 g/mol. The molecule has 2 aliphatic rings. The average molecular weight is 716 g/mol. The Morgan fingerprint density at radius 3 is 2.38 bits per heavy atom. The lowest BCUT2D eigenvalue weighted by Gasteiger charge is -2.41. The first kappa shape index (κ1) is 39.0. The van der Waals surface area contributed by atoms with E-state index in [2.05, 4.69) is 63.7 Å². The van der Waals surface area contributed by atoms with E-state index >= 15 is 0 Å². The van der Waals surface area contributed by atoms with E-state index < -0.39 is 5.41 Å². The number of aldehydes is 1. The molecular weight excluding hydrogens is 658 g/mol. The summed E-state index contributed by atoms with van der Waals surface area (Å²) in [6, 6.07) is 12.9. The van der Waals surface area contributed by atoms with Crippen LogP contribution in [0.4, 0.5) is 11.4 Å². The molecule has 2 heterocycles. The number of amides is 1. The molecule has 0 radical (unpaired) electrons. The normalized spacial score (nSPS) is 18.5. The highest BCUT2D eigenvalue weighted by Crippen LogP contribution is 2.41. The molecule has 2 fully saturated rings. The molecule has 1 saturated carbocycles. The zero-order valence-corrected chi connectivity index (χ0v) is 32.0. The van der Waals surface area contributed by atoms with Gasteiger partial charge in [-0.1, -0.05) is 12.1 Å². The Labute approximate surface area is 308 Å². The second-order valence-electron chi connectivity index (χ2n) is 14.3. The van der Waals surface area contributed by atoms with Crippen LogP contribution in [-0.4, -0.2) is 95.4 Å². The van der Waals surface area contributed by atoms with Crippen LogP contribution in [0.15, 0.2) is 41.2 Å².